The van der Waals surface area contributed by atoms with E-state index in [1.807, 2.05) is 42.3 Å². The maximum Gasteiger partial charge on any atom is 0.190 e. The second-order valence-electron chi connectivity index (χ2n) is 5.12. The number of rotatable bonds is 7. The van der Waals surface area contributed by atoms with Gasteiger partial charge in [-0.3, -0.25) is 14.7 Å². The van der Waals surface area contributed by atoms with Crippen molar-refractivity contribution in [2.24, 2.45) is 12.0 Å². The number of pyridine rings is 1. The van der Waals surface area contributed by atoms with Gasteiger partial charge >= 0.3 is 0 Å². The minimum atomic E-state index is 0.819. The summed E-state index contributed by atoms with van der Waals surface area (Å²) in [5.74, 6) is 0.835. The molecule has 2 aromatic heterocycles. The van der Waals surface area contributed by atoms with Crippen LogP contribution in [0.4, 0.5) is 0 Å². The molecule has 2 N–H and O–H groups in total. The Labute approximate surface area is 131 Å². The molecule has 2 aromatic rings. The van der Waals surface area contributed by atoms with Crippen LogP contribution >= 0.6 is 0 Å². The summed E-state index contributed by atoms with van der Waals surface area (Å²) in [5.41, 5.74) is 2.35. The highest BCUT2D eigenvalue weighted by atomic mass is 15.2. The number of nitrogens with zero attached hydrogens (tertiary/aromatic N) is 4. The SMILES string of the molecule is CN=C(NCCCc1cnn(C)c1)NCCc1ccccn1. The molecule has 6 nitrogen and oxygen atoms in total. The number of aryl methyl sites for hydroxylation is 2. The zero-order valence-corrected chi connectivity index (χ0v) is 13.3. The van der Waals surface area contributed by atoms with E-state index in [1.165, 1.54) is 5.56 Å². The Hall–Kier alpha value is -2.37. The number of aliphatic imine (C=N–C) groups is 1. The molecule has 2 rings (SSSR count). The molecular formula is C16H24N6. The predicted molar refractivity (Wildman–Crippen MR) is 88.8 cm³/mol. The topological polar surface area (TPSA) is 67.1 Å². The second kappa shape index (κ2) is 8.81. The van der Waals surface area contributed by atoms with Gasteiger partial charge in [-0.15, -0.1) is 0 Å². The number of aromatic nitrogens is 3. The van der Waals surface area contributed by atoms with Crippen molar-refractivity contribution in [3.8, 4) is 0 Å². The van der Waals surface area contributed by atoms with E-state index in [0.29, 0.717) is 0 Å². The maximum absolute atomic E-state index is 4.30. The van der Waals surface area contributed by atoms with Crippen molar-refractivity contribution < 1.29 is 0 Å². The summed E-state index contributed by atoms with van der Waals surface area (Å²) in [5, 5.41) is 10.8. The lowest BCUT2D eigenvalue weighted by molar-refractivity contribution is 0.734. The van der Waals surface area contributed by atoms with Gasteiger partial charge in [0.2, 0.25) is 0 Å². The van der Waals surface area contributed by atoms with Crippen molar-refractivity contribution in [3.63, 3.8) is 0 Å². The summed E-state index contributed by atoms with van der Waals surface area (Å²) in [6.07, 6.45) is 8.75. The van der Waals surface area contributed by atoms with Crippen molar-refractivity contribution in [2.45, 2.75) is 19.3 Å². The van der Waals surface area contributed by atoms with Gasteiger partial charge in [0.25, 0.3) is 0 Å². The minimum Gasteiger partial charge on any atom is -0.356 e. The van der Waals surface area contributed by atoms with Gasteiger partial charge in [-0.1, -0.05) is 6.07 Å². The van der Waals surface area contributed by atoms with Crippen LogP contribution in [-0.4, -0.2) is 40.9 Å². The summed E-state index contributed by atoms with van der Waals surface area (Å²) >= 11 is 0. The lowest BCUT2D eigenvalue weighted by Crippen LogP contribution is -2.38. The number of nitrogens with one attached hydrogen (secondary N) is 2. The average Bonchev–Trinajstić information content (AvgIpc) is 2.96. The Morgan fingerprint density at radius 3 is 2.77 bits per heavy atom. The molecule has 0 spiro atoms. The van der Waals surface area contributed by atoms with Crippen molar-refractivity contribution >= 4 is 5.96 Å². The first-order chi connectivity index (χ1) is 10.8. The third kappa shape index (κ3) is 5.55. The van der Waals surface area contributed by atoms with Crippen LogP contribution < -0.4 is 10.6 Å². The molecular weight excluding hydrogens is 276 g/mol. The molecule has 118 valence electrons. The molecule has 22 heavy (non-hydrogen) atoms. The summed E-state index contributed by atoms with van der Waals surface area (Å²) in [4.78, 5) is 8.53. The zero-order chi connectivity index (χ0) is 15.6. The van der Waals surface area contributed by atoms with E-state index in [2.05, 4.69) is 31.9 Å². The average molecular weight is 300 g/mol. The molecule has 0 saturated carbocycles. The van der Waals surface area contributed by atoms with Gasteiger partial charge in [-0.25, -0.2) is 0 Å². The molecule has 0 aliphatic rings. The van der Waals surface area contributed by atoms with Gasteiger partial charge in [0.15, 0.2) is 5.96 Å². The normalized spacial score (nSPS) is 11.5. The monoisotopic (exact) mass is 300 g/mol. The third-order valence-corrected chi connectivity index (χ3v) is 3.32. The summed E-state index contributed by atoms with van der Waals surface area (Å²) in [7, 11) is 3.73. The largest absolute Gasteiger partial charge is 0.356 e. The Bertz CT molecular complexity index is 575. The fraction of sp³-hybridized carbons (Fsp3) is 0.438. The zero-order valence-electron chi connectivity index (χ0n) is 13.3. The summed E-state index contributed by atoms with van der Waals surface area (Å²) < 4.78 is 1.83. The Morgan fingerprint density at radius 1 is 1.23 bits per heavy atom. The van der Waals surface area contributed by atoms with Crippen LogP contribution in [0.2, 0.25) is 0 Å². The minimum absolute atomic E-state index is 0.819. The van der Waals surface area contributed by atoms with Gasteiger partial charge in [-0.2, -0.15) is 5.10 Å². The number of hydrogen-bond acceptors (Lipinski definition) is 3. The fourth-order valence-corrected chi connectivity index (χ4v) is 2.18. The van der Waals surface area contributed by atoms with Gasteiger partial charge in [-0.05, 0) is 30.5 Å². The molecule has 0 aromatic carbocycles. The Morgan fingerprint density at radius 2 is 2.09 bits per heavy atom. The van der Waals surface area contributed by atoms with E-state index < -0.39 is 0 Å². The molecule has 0 bridgehead atoms. The Balaban J connectivity index is 1.61. The van der Waals surface area contributed by atoms with Gasteiger partial charge in [0, 0.05) is 51.7 Å². The van der Waals surface area contributed by atoms with Crippen LogP contribution in [0.15, 0.2) is 41.8 Å². The van der Waals surface area contributed by atoms with Crippen molar-refractivity contribution in [2.75, 3.05) is 20.1 Å². The van der Waals surface area contributed by atoms with Crippen molar-refractivity contribution in [1.29, 1.82) is 0 Å². The van der Waals surface area contributed by atoms with Crippen LogP contribution in [-0.2, 0) is 19.9 Å². The van der Waals surface area contributed by atoms with Crippen molar-refractivity contribution in [3.05, 3.63) is 48.0 Å². The van der Waals surface area contributed by atoms with Gasteiger partial charge < -0.3 is 10.6 Å². The van der Waals surface area contributed by atoms with Crippen LogP contribution in [0.3, 0.4) is 0 Å². The highest BCUT2D eigenvalue weighted by molar-refractivity contribution is 5.79. The second-order valence-corrected chi connectivity index (χ2v) is 5.12. The molecule has 0 aliphatic carbocycles. The fourth-order valence-electron chi connectivity index (χ4n) is 2.18. The van der Waals surface area contributed by atoms with E-state index in [4.69, 9.17) is 0 Å². The van der Waals surface area contributed by atoms with E-state index in [-0.39, 0.29) is 0 Å². The molecule has 0 amide bonds. The highest BCUT2D eigenvalue weighted by Gasteiger charge is 1.99. The van der Waals surface area contributed by atoms with Crippen LogP contribution in [0.5, 0.6) is 0 Å². The molecule has 0 unspecified atom stereocenters. The first-order valence-corrected chi connectivity index (χ1v) is 7.60. The van der Waals surface area contributed by atoms with E-state index in [9.17, 15) is 0 Å². The molecule has 0 aliphatic heterocycles. The van der Waals surface area contributed by atoms with E-state index in [0.717, 1.165) is 44.0 Å². The lowest BCUT2D eigenvalue weighted by atomic mass is 10.2. The van der Waals surface area contributed by atoms with Gasteiger partial charge in [0.05, 0.1) is 6.20 Å². The van der Waals surface area contributed by atoms with Crippen LogP contribution in [0.1, 0.15) is 17.7 Å². The van der Waals surface area contributed by atoms with E-state index >= 15 is 0 Å². The first-order valence-electron chi connectivity index (χ1n) is 7.60. The first kappa shape index (κ1) is 16.0. The smallest absolute Gasteiger partial charge is 0.190 e. The Kier molecular flexibility index (Phi) is 6.41. The molecule has 0 fully saturated rings. The third-order valence-electron chi connectivity index (χ3n) is 3.32. The summed E-state index contributed by atoms with van der Waals surface area (Å²) in [6, 6.07) is 5.97. The maximum atomic E-state index is 4.30. The van der Waals surface area contributed by atoms with Crippen molar-refractivity contribution in [1.82, 2.24) is 25.4 Å². The predicted octanol–water partition coefficient (Wildman–Crippen LogP) is 1.16. The summed E-state index contributed by atoms with van der Waals surface area (Å²) in [6.45, 7) is 1.71. The molecule has 0 saturated heterocycles. The number of hydrogen-bond donors (Lipinski definition) is 2. The van der Waals surface area contributed by atoms with Crippen LogP contribution in [0, 0.1) is 0 Å². The van der Waals surface area contributed by atoms with E-state index in [1.54, 1.807) is 7.05 Å². The molecule has 0 atom stereocenters. The highest BCUT2D eigenvalue weighted by Crippen LogP contribution is 1.99. The van der Waals surface area contributed by atoms with Crippen LogP contribution in [0.25, 0.3) is 0 Å². The van der Waals surface area contributed by atoms with Gasteiger partial charge in [0.1, 0.15) is 0 Å². The standard InChI is InChI=1S/C16H24N6/c1-17-16(20-11-8-15-7-3-4-9-18-15)19-10-5-6-14-12-21-22(2)13-14/h3-4,7,9,12-13H,5-6,8,10-11H2,1-2H3,(H2,17,19,20). The number of guanidine groups is 1. The molecule has 6 heteroatoms. The molecule has 0 radical (unpaired) electrons. The quantitative estimate of drug-likeness (QED) is 0.457. The lowest BCUT2D eigenvalue weighted by Gasteiger charge is -2.11. The molecule has 2 heterocycles.